The second kappa shape index (κ2) is 11.1. The molecule has 12 nitrogen and oxygen atoms in total. The highest BCUT2D eigenvalue weighted by Crippen LogP contribution is 2.37. The van der Waals surface area contributed by atoms with E-state index in [9.17, 15) is 9.59 Å². The van der Waals surface area contributed by atoms with Crippen LogP contribution in [0.3, 0.4) is 0 Å². The third kappa shape index (κ3) is 7.00. The number of anilines is 3. The van der Waals surface area contributed by atoms with Crippen LogP contribution in [0.1, 0.15) is 24.3 Å². The Morgan fingerprint density at radius 3 is 2.53 bits per heavy atom. The van der Waals surface area contributed by atoms with Gasteiger partial charge in [-0.05, 0) is 18.1 Å². The van der Waals surface area contributed by atoms with Gasteiger partial charge < -0.3 is 20.7 Å². The molecular formula is C21H24B3N9O3. The van der Waals surface area contributed by atoms with Crippen LogP contribution in [-0.4, -0.2) is 79.3 Å². The first-order valence-electron chi connectivity index (χ1n) is 10.9. The maximum Gasteiger partial charge on any atom is 0.320 e. The van der Waals surface area contributed by atoms with Crippen molar-refractivity contribution in [2.75, 3.05) is 24.3 Å². The number of aryl methyl sites for hydroxylation is 1. The second-order valence-electron chi connectivity index (χ2n) is 8.36. The van der Waals surface area contributed by atoms with E-state index in [0.29, 0.717) is 29.4 Å². The molecule has 1 aromatic carbocycles. The minimum Gasteiger partial charge on any atom is -0.494 e. The Balaban J connectivity index is 2.00. The molecule has 3 aromatic rings. The molecule has 180 valence electrons. The molecule has 0 aliphatic heterocycles. The molecule has 0 atom stereocenters. The zero-order valence-electron chi connectivity index (χ0n) is 20.4. The Bertz CT molecular complexity index is 1240. The highest BCUT2D eigenvalue weighted by molar-refractivity contribution is 6.60. The van der Waals surface area contributed by atoms with Gasteiger partial charge in [0.05, 0.1) is 47.6 Å². The Morgan fingerprint density at radius 2 is 1.92 bits per heavy atom. The summed E-state index contributed by atoms with van der Waals surface area (Å²) in [7, 11) is 19.8. The first-order valence-corrected chi connectivity index (χ1v) is 10.9. The third-order valence-corrected chi connectivity index (χ3v) is 4.58. The van der Waals surface area contributed by atoms with Gasteiger partial charge in [-0.1, -0.05) is 25.2 Å². The van der Waals surface area contributed by atoms with Crippen LogP contribution in [0.25, 0.3) is 11.4 Å². The molecule has 0 aliphatic carbocycles. The molecule has 0 fully saturated rings. The van der Waals surface area contributed by atoms with E-state index in [-0.39, 0.29) is 23.1 Å². The summed E-state index contributed by atoms with van der Waals surface area (Å²) < 4.78 is 7.17. The van der Waals surface area contributed by atoms with Gasteiger partial charge in [0, 0.05) is 19.7 Å². The second-order valence-corrected chi connectivity index (χ2v) is 8.36. The smallest absolute Gasteiger partial charge is 0.320 e. The fourth-order valence-electron chi connectivity index (χ4n) is 3.07. The molecule has 3 amide bonds. The van der Waals surface area contributed by atoms with Gasteiger partial charge in [-0.2, -0.15) is 5.10 Å². The van der Waals surface area contributed by atoms with Gasteiger partial charge in [0.15, 0.2) is 23.1 Å². The largest absolute Gasteiger partial charge is 0.494 e. The van der Waals surface area contributed by atoms with Gasteiger partial charge in [-0.25, -0.2) is 9.78 Å². The van der Waals surface area contributed by atoms with E-state index < -0.39 is 17.2 Å². The summed E-state index contributed by atoms with van der Waals surface area (Å²) in [5.74, 6) is 0.378. The summed E-state index contributed by atoms with van der Waals surface area (Å²) in [6.45, 7) is 4.38. The van der Waals surface area contributed by atoms with Crippen LogP contribution in [0.4, 0.5) is 22.0 Å². The molecule has 0 saturated heterocycles. The standard InChI is InChI=1S/C21H24B3N9O3/c1-11(2)9-25-20(35)28-15-8-14(16(31-30-15)19(34)29-21(22,23)24)27-13-7-5-6-12(17(13)36-4)18-26-10-33(3)32-18/h5-8,10-11H,9H2,1-4H3,(H,29,34)(H3,25,27,28,30,35). The maximum atomic E-state index is 12.8. The van der Waals surface area contributed by atoms with E-state index in [4.69, 9.17) is 28.3 Å². The van der Waals surface area contributed by atoms with Crippen molar-refractivity contribution < 1.29 is 14.3 Å². The van der Waals surface area contributed by atoms with E-state index in [1.165, 1.54) is 13.2 Å². The number of methoxy groups -OCH3 is 1. The lowest BCUT2D eigenvalue weighted by molar-refractivity contribution is 0.0947. The molecule has 0 saturated carbocycles. The van der Waals surface area contributed by atoms with Gasteiger partial charge >= 0.3 is 6.03 Å². The molecule has 0 spiro atoms. The van der Waals surface area contributed by atoms with E-state index in [0.717, 1.165) is 0 Å². The molecule has 4 N–H and O–H groups in total. The van der Waals surface area contributed by atoms with Crippen molar-refractivity contribution in [1.82, 2.24) is 35.6 Å². The lowest BCUT2D eigenvalue weighted by Gasteiger charge is -2.23. The quantitative estimate of drug-likeness (QED) is 0.325. The van der Waals surface area contributed by atoms with Gasteiger partial charge in [-0.3, -0.25) is 14.8 Å². The van der Waals surface area contributed by atoms with Crippen LogP contribution < -0.4 is 26.0 Å². The highest BCUT2D eigenvalue weighted by atomic mass is 16.5. The normalized spacial score (nSPS) is 11.1. The Kier molecular flexibility index (Phi) is 8.23. The third-order valence-electron chi connectivity index (χ3n) is 4.58. The monoisotopic (exact) mass is 483 g/mol. The van der Waals surface area contributed by atoms with Crippen LogP contribution in [0.15, 0.2) is 30.6 Å². The van der Waals surface area contributed by atoms with Crippen LogP contribution in [0, 0.1) is 5.92 Å². The highest BCUT2D eigenvalue weighted by Gasteiger charge is 2.22. The van der Waals surface area contributed by atoms with Crippen LogP contribution >= 0.6 is 0 Å². The molecule has 36 heavy (non-hydrogen) atoms. The molecule has 6 radical (unpaired) electrons. The van der Waals surface area contributed by atoms with E-state index in [1.54, 1.807) is 36.3 Å². The summed E-state index contributed by atoms with van der Waals surface area (Å²) in [4.78, 5) is 29.3. The number of hydrogen-bond donors (Lipinski definition) is 4. The van der Waals surface area contributed by atoms with Gasteiger partial charge in [-0.15, -0.1) is 10.2 Å². The summed E-state index contributed by atoms with van der Waals surface area (Å²) >= 11 is 0. The number of ether oxygens (including phenoxy) is 1. The topological polar surface area (TPSA) is 148 Å². The molecular weight excluding hydrogens is 459 g/mol. The summed E-state index contributed by atoms with van der Waals surface area (Å²) in [6, 6.07) is 6.21. The lowest BCUT2D eigenvalue weighted by atomic mass is 9.49. The first kappa shape index (κ1) is 26.6. The molecule has 0 bridgehead atoms. The number of hydrogen-bond acceptors (Lipinski definition) is 8. The SMILES string of the molecule is [B]C([B])([B])NC(=O)c1nnc(NC(=O)NCC(C)C)cc1Nc1cccc(-c2ncn(C)n2)c1OC. The number of nitrogens with zero attached hydrogens (tertiary/aromatic N) is 5. The summed E-state index contributed by atoms with van der Waals surface area (Å²) in [5.41, 5.74) is 1.04. The molecule has 2 heterocycles. The Labute approximate surface area is 212 Å². The van der Waals surface area contributed by atoms with Crippen molar-refractivity contribution in [3.05, 3.63) is 36.3 Å². The van der Waals surface area contributed by atoms with Crippen LogP contribution in [0.2, 0.25) is 0 Å². The summed E-state index contributed by atoms with van der Waals surface area (Å²) in [6.07, 6.45) is 1.56. The molecule has 2 aromatic heterocycles. The number of carbonyl (C=O) groups excluding carboxylic acids is 2. The number of nitrogens with one attached hydrogen (secondary N) is 4. The minimum absolute atomic E-state index is 0.0799. The minimum atomic E-state index is -1.99. The van der Waals surface area contributed by atoms with Gasteiger partial charge in [0.2, 0.25) is 0 Å². The number of para-hydroxylation sites is 1. The average Bonchev–Trinajstić information content (AvgIpc) is 3.22. The number of aromatic nitrogens is 5. The lowest BCUT2D eigenvalue weighted by Crippen LogP contribution is -2.50. The van der Waals surface area contributed by atoms with Crippen molar-refractivity contribution in [3.8, 4) is 17.1 Å². The number of carbonyl (C=O) groups is 2. The van der Waals surface area contributed by atoms with Crippen molar-refractivity contribution in [2.45, 2.75) is 19.1 Å². The van der Waals surface area contributed by atoms with E-state index in [2.05, 4.69) is 41.5 Å². The molecule has 15 heteroatoms. The number of benzene rings is 1. The van der Waals surface area contributed by atoms with Gasteiger partial charge in [0.1, 0.15) is 6.33 Å². The predicted octanol–water partition coefficient (Wildman–Crippen LogP) is 0.648. The van der Waals surface area contributed by atoms with E-state index >= 15 is 0 Å². The fourth-order valence-corrected chi connectivity index (χ4v) is 3.07. The zero-order chi connectivity index (χ0) is 26.5. The summed E-state index contributed by atoms with van der Waals surface area (Å²) in [5, 5.41) is 20.8. The van der Waals surface area contributed by atoms with Crippen molar-refractivity contribution in [3.63, 3.8) is 0 Å². The average molecular weight is 483 g/mol. The van der Waals surface area contributed by atoms with Crippen LogP contribution in [0.5, 0.6) is 5.75 Å². The van der Waals surface area contributed by atoms with Crippen molar-refractivity contribution >= 4 is 52.7 Å². The Hall–Kier alpha value is -4.03. The number of urea groups is 1. The van der Waals surface area contributed by atoms with Gasteiger partial charge in [0.25, 0.3) is 5.91 Å². The van der Waals surface area contributed by atoms with Crippen molar-refractivity contribution in [2.24, 2.45) is 13.0 Å². The van der Waals surface area contributed by atoms with Crippen molar-refractivity contribution in [1.29, 1.82) is 0 Å². The van der Waals surface area contributed by atoms with Crippen LogP contribution in [-0.2, 0) is 7.05 Å². The number of amides is 3. The zero-order valence-corrected chi connectivity index (χ0v) is 20.4. The molecule has 3 rings (SSSR count). The predicted molar refractivity (Wildman–Crippen MR) is 138 cm³/mol. The Morgan fingerprint density at radius 1 is 1.17 bits per heavy atom. The van der Waals surface area contributed by atoms with E-state index in [1.807, 2.05) is 13.8 Å². The first-order chi connectivity index (χ1) is 17.0. The fraction of sp³-hybridized carbons (Fsp3) is 0.333. The number of rotatable bonds is 9. The maximum absolute atomic E-state index is 12.8. The molecule has 0 unspecified atom stereocenters. The molecule has 0 aliphatic rings.